The lowest BCUT2D eigenvalue weighted by Gasteiger charge is -2.20. The molecular weight excluding hydrogens is 326 g/mol. The molecule has 2 fully saturated rings. The highest BCUT2D eigenvalue weighted by Crippen LogP contribution is 2.34. The molecule has 3 atom stereocenters. The molecule has 7 heteroatoms. The van der Waals surface area contributed by atoms with Crippen LogP contribution in [0.1, 0.15) is 5.56 Å². The zero-order valence-electron chi connectivity index (χ0n) is 13.7. The third-order valence-electron chi connectivity index (χ3n) is 4.99. The molecule has 0 spiro atoms. The van der Waals surface area contributed by atoms with Crippen molar-refractivity contribution in [3.05, 3.63) is 53.9 Å². The maximum atomic E-state index is 13.4. The minimum Gasteiger partial charge on any atom is -0.376 e. The van der Waals surface area contributed by atoms with Crippen molar-refractivity contribution in [1.29, 1.82) is 0 Å². The highest BCUT2D eigenvalue weighted by molar-refractivity contribution is 5.22. The van der Waals surface area contributed by atoms with Gasteiger partial charge in [-0.25, -0.2) is 18.7 Å². The highest BCUT2D eigenvalue weighted by Gasteiger charge is 2.43. The molecule has 1 aromatic heterocycles. The smallest absolute Gasteiger partial charge is 0.222 e. The molecular formula is C18H20F2N4O. The van der Waals surface area contributed by atoms with E-state index in [1.54, 1.807) is 24.5 Å². The Kier molecular flexibility index (Phi) is 4.59. The van der Waals surface area contributed by atoms with Gasteiger partial charge in [-0.1, -0.05) is 6.07 Å². The summed E-state index contributed by atoms with van der Waals surface area (Å²) < 4.78 is 32.4. The van der Waals surface area contributed by atoms with Crippen molar-refractivity contribution in [2.75, 3.05) is 31.6 Å². The molecule has 0 aliphatic carbocycles. The largest absolute Gasteiger partial charge is 0.376 e. The van der Waals surface area contributed by atoms with Gasteiger partial charge in [0.1, 0.15) is 0 Å². The standard InChI is InChI=1S/C18H20F2N4O/c19-15-3-2-12(6-16(15)20)8-24-9-14-13(11-25-17(14)10-24)7-23-18-21-4-1-5-22-18/h1-6,13-14,17H,7-11H2,(H,21,22,23)/t13-,14+,17+/m1/s1. The first-order chi connectivity index (χ1) is 12.2. The van der Waals surface area contributed by atoms with E-state index in [1.165, 1.54) is 12.1 Å². The number of benzene rings is 1. The van der Waals surface area contributed by atoms with Gasteiger partial charge in [0.15, 0.2) is 11.6 Å². The zero-order chi connectivity index (χ0) is 17.2. The first-order valence-corrected chi connectivity index (χ1v) is 8.48. The summed E-state index contributed by atoms with van der Waals surface area (Å²) in [4.78, 5) is 10.6. The van der Waals surface area contributed by atoms with Gasteiger partial charge in [-0.05, 0) is 23.8 Å². The first-order valence-electron chi connectivity index (χ1n) is 8.48. The van der Waals surface area contributed by atoms with Gasteiger partial charge in [-0.2, -0.15) is 0 Å². The molecule has 4 rings (SSSR count). The summed E-state index contributed by atoms with van der Waals surface area (Å²) in [5.41, 5.74) is 0.784. The van der Waals surface area contributed by atoms with Crippen LogP contribution in [-0.4, -0.2) is 47.2 Å². The normalized spacial score (nSPS) is 25.9. The molecule has 25 heavy (non-hydrogen) atoms. The van der Waals surface area contributed by atoms with Gasteiger partial charge in [0.05, 0.1) is 12.7 Å². The topological polar surface area (TPSA) is 50.3 Å². The average molecular weight is 346 g/mol. The molecule has 1 aromatic carbocycles. The Hall–Kier alpha value is -2.12. The van der Waals surface area contributed by atoms with Crippen molar-refractivity contribution in [3.63, 3.8) is 0 Å². The Labute approximate surface area is 145 Å². The van der Waals surface area contributed by atoms with E-state index in [2.05, 4.69) is 20.2 Å². The molecule has 3 heterocycles. The lowest BCUT2D eigenvalue weighted by atomic mass is 9.93. The van der Waals surface area contributed by atoms with Crippen molar-refractivity contribution in [3.8, 4) is 0 Å². The summed E-state index contributed by atoms with van der Waals surface area (Å²) in [7, 11) is 0. The third-order valence-corrected chi connectivity index (χ3v) is 4.99. The molecule has 1 N–H and O–H groups in total. The van der Waals surface area contributed by atoms with E-state index in [-0.39, 0.29) is 6.10 Å². The summed E-state index contributed by atoms with van der Waals surface area (Å²) >= 11 is 0. The van der Waals surface area contributed by atoms with Crippen LogP contribution in [0.5, 0.6) is 0 Å². The van der Waals surface area contributed by atoms with Gasteiger partial charge >= 0.3 is 0 Å². The van der Waals surface area contributed by atoms with Crippen LogP contribution in [0, 0.1) is 23.5 Å². The van der Waals surface area contributed by atoms with E-state index >= 15 is 0 Å². The van der Waals surface area contributed by atoms with Crippen LogP contribution in [0.15, 0.2) is 36.7 Å². The van der Waals surface area contributed by atoms with E-state index in [1.807, 2.05) is 0 Å². The van der Waals surface area contributed by atoms with Crippen molar-refractivity contribution >= 4 is 5.95 Å². The number of halogens is 2. The van der Waals surface area contributed by atoms with E-state index in [0.29, 0.717) is 24.3 Å². The Morgan fingerprint density at radius 1 is 1.16 bits per heavy atom. The van der Waals surface area contributed by atoms with Crippen molar-refractivity contribution < 1.29 is 13.5 Å². The molecule has 2 aromatic rings. The van der Waals surface area contributed by atoms with E-state index < -0.39 is 11.6 Å². The number of fused-ring (bicyclic) bond motifs is 1. The fraction of sp³-hybridized carbons (Fsp3) is 0.444. The molecule has 0 bridgehead atoms. The number of likely N-dealkylation sites (tertiary alicyclic amines) is 1. The summed E-state index contributed by atoms with van der Waals surface area (Å²) in [5, 5.41) is 3.27. The van der Waals surface area contributed by atoms with Crippen LogP contribution in [0.25, 0.3) is 0 Å². The second-order valence-corrected chi connectivity index (χ2v) is 6.69. The minimum absolute atomic E-state index is 0.203. The zero-order valence-corrected chi connectivity index (χ0v) is 13.7. The minimum atomic E-state index is -0.806. The Morgan fingerprint density at radius 2 is 2.00 bits per heavy atom. The second kappa shape index (κ2) is 7.01. The van der Waals surface area contributed by atoms with Crippen LogP contribution >= 0.6 is 0 Å². The van der Waals surface area contributed by atoms with Gasteiger partial charge in [0.2, 0.25) is 5.95 Å². The monoisotopic (exact) mass is 346 g/mol. The average Bonchev–Trinajstić information content (AvgIpc) is 3.18. The van der Waals surface area contributed by atoms with Gasteiger partial charge in [-0.15, -0.1) is 0 Å². The van der Waals surface area contributed by atoms with Crippen molar-refractivity contribution in [1.82, 2.24) is 14.9 Å². The van der Waals surface area contributed by atoms with Crippen LogP contribution in [0.2, 0.25) is 0 Å². The summed E-state index contributed by atoms with van der Waals surface area (Å²) in [6.07, 6.45) is 3.62. The van der Waals surface area contributed by atoms with E-state index in [9.17, 15) is 8.78 Å². The molecule has 0 unspecified atom stereocenters. The first kappa shape index (κ1) is 16.4. The molecule has 0 radical (unpaired) electrons. The number of nitrogens with one attached hydrogen (secondary N) is 1. The van der Waals surface area contributed by atoms with Crippen LogP contribution in [0.3, 0.4) is 0 Å². The van der Waals surface area contributed by atoms with Crippen LogP contribution < -0.4 is 5.32 Å². The number of ether oxygens (including phenoxy) is 1. The van der Waals surface area contributed by atoms with Gasteiger partial charge in [0, 0.05) is 50.4 Å². The number of aromatic nitrogens is 2. The molecule has 5 nitrogen and oxygen atoms in total. The van der Waals surface area contributed by atoms with Crippen molar-refractivity contribution in [2.45, 2.75) is 12.6 Å². The van der Waals surface area contributed by atoms with Gasteiger partial charge in [0.25, 0.3) is 0 Å². The Balaban J connectivity index is 1.33. The molecule has 0 amide bonds. The Bertz CT molecular complexity index is 730. The summed E-state index contributed by atoms with van der Waals surface area (Å²) in [6.45, 7) is 3.82. The lowest BCUT2D eigenvalue weighted by molar-refractivity contribution is 0.0946. The maximum absolute atomic E-state index is 13.4. The fourth-order valence-corrected chi connectivity index (χ4v) is 3.73. The second-order valence-electron chi connectivity index (χ2n) is 6.69. The number of anilines is 1. The van der Waals surface area contributed by atoms with Gasteiger partial charge < -0.3 is 10.1 Å². The predicted octanol–water partition coefficient (Wildman–Crippen LogP) is 2.31. The molecule has 2 saturated heterocycles. The number of rotatable bonds is 5. The number of hydrogen-bond acceptors (Lipinski definition) is 5. The van der Waals surface area contributed by atoms with Crippen LogP contribution in [0.4, 0.5) is 14.7 Å². The Morgan fingerprint density at radius 3 is 2.80 bits per heavy atom. The maximum Gasteiger partial charge on any atom is 0.222 e. The van der Waals surface area contributed by atoms with Crippen LogP contribution in [-0.2, 0) is 11.3 Å². The third kappa shape index (κ3) is 3.62. The molecule has 2 aliphatic rings. The molecule has 132 valence electrons. The SMILES string of the molecule is Fc1ccc(CN2C[C@H]3[C@H](CNc4ncccn4)CO[C@H]3C2)cc1F. The number of hydrogen-bond donors (Lipinski definition) is 1. The highest BCUT2D eigenvalue weighted by atomic mass is 19.2. The van der Waals surface area contributed by atoms with Gasteiger partial charge in [-0.3, -0.25) is 4.90 Å². The predicted molar refractivity (Wildman–Crippen MR) is 88.9 cm³/mol. The molecule has 0 saturated carbocycles. The van der Waals surface area contributed by atoms with Crippen molar-refractivity contribution in [2.24, 2.45) is 11.8 Å². The molecule has 2 aliphatic heterocycles. The quantitative estimate of drug-likeness (QED) is 0.900. The van der Waals surface area contributed by atoms with E-state index in [0.717, 1.165) is 31.8 Å². The summed E-state index contributed by atoms with van der Waals surface area (Å²) in [6, 6.07) is 5.88. The van der Waals surface area contributed by atoms with E-state index in [4.69, 9.17) is 4.74 Å². The number of nitrogens with zero attached hydrogens (tertiary/aromatic N) is 3. The summed E-state index contributed by atoms with van der Waals surface area (Å²) in [5.74, 6) is -0.148. The lowest BCUT2D eigenvalue weighted by Crippen LogP contribution is -2.27. The fourth-order valence-electron chi connectivity index (χ4n) is 3.73.